The van der Waals surface area contributed by atoms with Gasteiger partial charge in [0.1, 0.15) is 12.0 Å². The number of thiophene rings is 1. The first-order chi connectivity index (χ1) is 15.5. The van der Waals surface area contributed by atoms with Crippen LogP contribution in [0.3, 0.4) is 0 Å². The Morgan fingerprint density at radius 1 is 1.25 bits per heavy atom. The Morgan fingerprint density at radius 3 is 2.62 bits per heavy atom. The summed E-state index contributed by atoms with van der Waals surface area (Å²) in [6.07, 6.45) is 1.63. The Bertz CT molecular complexity index is 1170. The fourth-order valence-corrected chi connectivity index (χ4v) is 4.42. The van der Waals surface area contributed by atoms with E-state index >= 15 is 0 Å². The lowest BCUT2D eigenvalue weighted by Crippen LogP contribution is -2.49. The Balaban J connectivity index is 1.49. The minimum Gasteiger partial charge on any atom is -0.448 e. The molecule has 0 saturated carbocycles. The number of benzene rings is 1. The van der Waals surface area contributed by atoms with E-state index in [4.69, 9.17) is 4.42 Å². The predicted molar refractivity (Wildman–Crippen MR) is 128 cm³/mol. The summed E-state index contributed by atoms with van der Waals surface area (Å²) >= 11 is 1.69. The van der Waals surface area contributed by atoms with Crippen molar-refractivity contribution >= 4 is 23.1 Å². The SMILES string of the molecule is C=C=C1CN(C(=O)c2ccc(-c3cccs3)cc2)CCN1C(=NC)c1coc(C(C)C)n1. The van der Waals surface area contributed by atoms with Gasteiger partial charge in [0.15, 0.2) is 11.7 Å². The van der Waals surface area contributed by atoms with E-state index in [1.165, 1.54) is 4.88 Å². The van der Waals surface area contributed by atoms with Gasteiger partial charge >= 0.3 is 0 Å². The van der Waals surface area contributed by atoms with E-state index in [2.05, 4.69) is 28.4 Å². The maximum atomic E-state index is 13.1. The van der Waals surface area contributed by atoms with E-state index < -0.39 is 0 Å². The van der Waals surface area contributed by atoms with Gasteiger partial charge in [0.25, 0.3) is 5.91 Å². The summed E-state index contributed by atoms with van der Waals surface area (Å²) in [5.41, 5.74) is 6.24. The van der Waals surface area contributed by atoms with Crippen molar-refractivity contribution in [2.75, 3.05) is 26.7 Å². The molecule has 1 saturated heterocycles. The van der Waals surface area contributed by atoms with Crippen LogP contribution in [0.2, 0.25) is 0 Å². The maximum absolute atomic E-state index is 13.1. The molecular formula is C25H26N4O2S. The molecule has 0 radical (unpaired) electrons. The molecule has 1 amide bonds. The zero-order valence-electron chi connectivity index (χ0n) is 18.5. The molecule has 3 heterocycles. The highest BCUT2D eigenvalue weighted by atomic mass is 32.1. The normalized spacial score (nSPS) is 14.8. The predicted octanol–water partition coefficient (Wildman–Crippen LogP) is 5.03. The van der Waals surface area contributed by atoms with Gasteiger partial charge in [-0.3, -0.25) is 9.79 Å². The summed E-state index contributed by atoms with van der Waals surface area (Å²) in [6, 6.07) is 11.9. The number of aliphatic imine (C=N–C) groups is 1. The second-order valence-corrected chi connectivity index (χ2v) is 8.78. The van der Waals surface area contributed by atoms with Crippen LogP contribution >= 0.6 is 11.3 Å². The molecule has 7 heteroatoms. The lowest BCUT2D eigenvalue weighted by atomic mass is 10.1. The molecule has 1 aromatic carbocycles. The molecule has 0 spiro atoms. The summed E-state index contributed by atoms with van der Waals surface area (Å²) in [6.45, 7) is 9.45. The van der Waals surface area contributed by atoms with Crippen molar-refractivity contribution in [3.63, 3.8) is 0 Å². The van der Waals surface area contributed by atoms with Crippen LogP contribution in [0, 0.1) is 0 Å². The lowest BCUT2D eigenvalue weighted by Gasteiger charge is -2.37. The van der Waals surface area contributed by atoms with Crippen LogP contribution in [-0.4, -0.2) is 53.2 Å². The lowest BCUT2D eigenvalue weighted by molar-refractivity contribution is 0.0728. The number of hydrogen-bond acceptors (Lipinski definition) is 5. The highest BCUT2D eigenvalue weighted by Gasteiger charge is 2.29. The average Bonchev–Trinajstić information content (AvgIpc) is 3.52. The van der Waals surface area contributed by atoms with E-state index in [-0.39, 0.29) is 11.8 Å². The van der Waals surface area contributed by atoms with E-state index in [9.17, 15) is 4.79 Å². The molecule has 1 fully saturated rings. The molecule has 0 unspecified atom stereocenters. The number of carbonyl (C=O) groups excluding carboxylic acids is 1. The van der Waals surface area contributed by atoms with Gasteiger partial charge in [-0.1, -0.05) is 38.6 Å². The number of oxazole rings is 1. The quantitative estimate of drug-likeness (QED) is 0.320. The number of hydrogen-bond donors (Lipinski definition) is 0. The van der Waals surface area contributed by atoms with E-state index in [1.807, 2.05) is 59.4 Å². The zero-order chi connectivity index (χ0) is 22.7. The molecule has 32 heavy (non-hydrogen) atoms. The monoisotopic (exact) mass is 446 g/mol. The van der Waals surface area contributed by atoms with Crippen LogP contribution < -0.4 is 0 Å². The maximum Gasteiger partial charge on any atom is 0.254 e. The number of rotatable bonds is 4. The van der Waals surface area contributed by atoms with Gasteiger partial charge in [-0.05, 0) is 29.1 Å². The topological polar surface area (TPSA) is 61.9 Å². The van der Waals surface area contributed by atoms with Gasteiger partial charge in [-0.2, -0.15) is 0 Å². The smallest absolute Gasteiger partial charge is 0.254 e. The highest BCUT2D eigenvalue weighted by Crippen LogP contribution is 2.26. The number of piperazine rings is 1. The molecule has 0 atom stereocenters. The van der Waals surface area contributed by atoms with Gasteiger partial charge in [0.2, 0.25) is 0 Å². The third kappa shape index (κ3) is 4.31. The molecule has 164 valence electrons. The minimum atomic E-state index is -0.00588. The van der Waals surface area contributed by atoms with Crippen LogP contribution in [0.25, 0.3) is 10.4 Å². The van der Waals surface area contributed by atoms with Crippen LogP contribution in [-0.2, 0) is 0 Å². The fraction of sp³-hybridized carbons (Fsp3) is 0.280. The van der Waals surface area contributed by atoms with Gasteiger partial charge in [0, 0.05) is 36.5 Å². The van der Waals surface area contributed by atoms with Crippen molar-refractivity contribution in [1.82, 2.24) is 14.8 Å². The molecule has 0 bridgehead atoms. The standard InChI is InChI=1S/C25H26N4O2S/c1-5-20-15-28(25(30)19-10-8-18(9-11-19)22-7-6-14-32-22)12-13-29(20)23(26-4)21-16-31-24(27-21)17(2)3/h6-11,14,16-17H,1,12-13,15H2,2-4H3. The first-order valence-electron chi connectivity index (χ1n) is 10.5. The van der Waals surface area contributed by atoms with Crippen molar-refractivity contribution in [1.29, 1.82) is 0 Å². The average molecular weight is 447 g/mol. The second-order valence-electron chi connectivity index (χ2n) is 7.83. The first kappa shape index (κ1) is 21.8. The van der Waals surface area contributed by atoms with Crippen molar-refractivity contribution in [2.24, 2.45) is 4.99 Å². The first-order valence-corrected chi connectivity index (χ1v) is 11.4. The van der Waals surface area contributed by atoms with E-state index in [0.717, 1.165) is 11.3 Å². The molecule has 6 nitrogen and oxygen atoms in total. The van der Waals surface area contributed by atoms with E-state index in [1.54, 1.807) is 24.6 Å². The summed E-state index contributed by atoms with van der Waals surface area (Å²) in [7, 11) is 1.73. The van der Waals surface area contributed by atoms with Crippen molar-refractivity contribution in [3.8, 4) is 10.4 Å². The summed E-state index contributed by atoms with van der Waals surface area (Å²) < 4.78 is 5.59. The van der Waals surface area contributed by atoms with Crippen LogP contribution in [0.5, 0.6) is 0 Å². The number of amidine groups is 1. The van der Waals surface area contributed by atoms with Crippen molar-refractivity contribution < 1.29 is 9.21 Å². The Morgan fingerprint density at radius 2 is 2.03 bits per heavy atom. The summed E-state index contributed by atoms with van der Waals surface area (Å²) in [4.78, 5) is 27.2. The molecule has 0 N–H and O–H groups in total. The van der Waals surface area contributed by atoms with Crippen molar-refractivity contribution in [2.45, 2.75) is 19.8 Å². The molecule has 1 aliphatic rings. The van der Waals surface area contributed by atoms with Gasteiger partial charge in [-0.15, -0.1) is 17.1 Å². The van der Waals surface area contributed by atoms with E-state index in [0.29, 0.717) is 42.6 Å². The third-order valence-electron chi connectivity index (χ3n) is 5.40. The number of carbonyl (C=O) groups is 1. The number of amides is 1. The molecule has 3 aromatic rings. The van der Waals surface area contributed by atoms with Crippen LogP contribution in [0.1, 0.15) is 41.7 Å². The Hall–Kier alpha value is -3.41. The van der Waals surface area contributed by atoms with Crippen LogP contribution in [0.4, 0.5) is 0 Å². The Kier molecular flexibility index (Phi) is 6.40. The highest BCUT2D eigenvalue weighted by molar-refractivity contribution is 7.13. The zero-order valence-corrected chi connectivity index (χ0v) is 19.4. The minimum absolute atomic E-state index is 0.00588. The van der Waals surface area contributed by atoms with Gasteiger partial charge in [0.05, 0.1) is 12.2 Å². The summed E-state index contributed by atoms with van der Waals surface area (Å²) in [5.74, 6) is 1.55. The number of nitrogens with zero attached hydrogens (tertiary/aromatic N) is 4. The molecule has 0 aliphatic carbocycles. The van der Waals surface area contributed by atoms with Gasteiger partial charge < -0.3 is 14.2 Å². The van der Waals surface area contributed by atoms with Gasteiger partial charge in [-0.25, -0.2) is 4.98 Å². The molecule has 2 aromatic heterocycles. The Labute approximate surface area is 192 Å². The van der Waals surface area contributed by atoms with Crippen LogP contribution in [0.15, 0.2) is 75.5 Å². The fourth-order valence-electron chi connectivity index (χ4n) is 3.69. The summed E-state index contributed by atoms with van der Waals surface area (Å²) in [5, 5.41) is 2.05. The molecular weight excluding hydrogens is 420 g/mol. The molecule has 1 aliphatic heterocycles. The number of aromatic nitrogens is 1. The largest absolute Gasteiger partial charge is 0.448 e. The molecule has 4 rings (SSSR count). The third-order valence-corrected chi connectivity index (χ3v) is 6.32. The second kappa shape index (κ2) is 9.39. The van der Waals surface area contributed by atoms with Crippen molar-refractivity contribution in [3.05, 3.63) is 83.2 Å².